The van der Waals surface area contributed by atoms with Gasteiger partial charge in [-0.2, -0.15) is 0 Å². The van der Waals surface area contributed by atoms with Crippen LogP contribution in [0.15, 0.2) is 16.6 Å². The summed E-state index contributed by atoms with van der Waals surface area (Å²) in [6.45, 7) is 2.80. The van der Waals surface area contributed by atoms with E-state index in [4.69, 9.17) is 5.73 Å². The molecule has 4 heteroatoms. The molecule has 3 unspecified atom stereocenters. The fourth-order valence-electron chi connectivity index (χ4n) is 3.67. The Morgan fingerprint density at radius 3 is 2.67 bits per heavy atom. The highest BCUT2D eigenvalue weighted by Gasteiger charge is 2.31. The third-order valence-electron chi connectivity index (χ3n) is 4.85. The molecule has 0 amide bonds. The SMILES string of the molecule is CCCC1CCC(CN)C(Cc2c(F)ccc(Br)c2F)C1. The van der Waals surface area contributed by atoms with Crippen molar-refractivity contribution in [2.75, 3.05) is 6.54 Å². The highest BCUT2D eigenvalue weighted by molar-refractivity contribution is 9.10. The second-order valence-corrected chi connectivity index (χ2v) is 7.10. The van der Waals surface area contributed by atoms with Crippen LogP contribution in [0.5, 0.6) is 0 Å². The average Bonchev–Trinajstić information content (AvgIpc) is 2.48. The number of hydrogen-bond donors (Lipinski definition) is 1. The van der Waals surface area contributed by atoms with Crippen LogP contribution in [-0.2, 0) is 6.42 Å². The Balaban J connectivity index is 2.17. The van der Waals surface area contributed by atoms with Crippen molar-refractivity contribution in [2.24, 2.45) is 23.5 Å². The van der Waals surface area contributed by atoms with Crippen molar-refractivity contribution in [3.05, 3.63) is 33.8 Å². The van der Waals surface area contributed by atoms with Gasteiger partial charge in [-0.15, -0.1) is 0 Å². The van der Waals surface area contributed by atoms with Crippen molar-refractivity contribution in [3.63, 3.8) is 0 Å². The van der Waals surface area contributed by atoms with Gasteiger partial charge in [-0.1, -0.05) is 26.2 Å². The van der Waals surface area contributed by atoms with E-state index in [1.807, 2.05) is 0 Å². The first-order valence-corrected chi connectivity index (χ1v) is 8.68. The molecule has 1 nitrogen and oxygen atoms in total. The van der Waals surface area contributed by atoms with E-state index in [1.165, 1.54) is 31.4 Å². The molecule has 2 N–H and O–H groups in total. The van der Waals surface area contributed by atoms with E-state index >= 15 is 0 Å². The monoisotopic (exact) mass is 359 g/mol. The third kappa shape index (κ3) is 4.04. The second-order valence-electron chi connectivity index (χ2n) is 6.25. The molecule has 1 saturated carbocycles. The standard InChI is InChI=1S/C17H24BrF2N/c1-2-3-11-4-5-12(10-21)13(8-11)9-14-16(19)7-6-15(18)17(14)20/h6-7,11-13H,2-5,8-10,21H2,1H3. The van der Waals surface area contributed by atoms with Gasteiger partial charge in [0.05, 0.1) is 4.47 Å². The number of rotatable bonds is 5. The van der Waals surface area contributed by atoms with Crippen molar-refractivity contribution in [2.45, 2.75) is 45.4 Å². The highest BCUT2D eigenvalue weighted by Crippen LogP contribution is 2.38. The first kappa shape index (κ1) is 16.9. The fraction of sp³-hybridized carbons (Fsp3) is 0.647. The van der Waals surface area contributed by atoms with E-state index in [9.17, 15) is 8.78 Å². The molecule has 0 aliphatic heterocycles. The van der Waals surface area contributed by atoms with Crippen LogP contribution in [0.1, 0.15) is 44.6 Å². The van der Waals surface area contributed by atoms with Crippen molar-refractivity contribution in [1.29, 1.82) is 0 Å². The van der Waals surface area contributed by atoms with Gasteiger partial charge in [0.1, 0.15) is 11.6 Å². The van der Waals surface area contributed by atoms with Gasteiger partial charge in [0.15, 0.2) is 0 Å². The molecule has 0 radical (unpaired) electrons. The number of hydrogen-bond acceptors (Lipinski definition) is 1. The zero-order valence-electron chi connectivity index (χ0n) is 12.5. The lowest BCUT2D eigenvalue weighted by atomic mass is 9.70. The maximum atomic E-state index is 14.2. The molecule has 1 aromatic rings. The first-order chi connectivity index (χ1) is 10.1. The van der Waals surface area contributed by atoms with Crippen LogP contribution in [-0.4, -0.2) is 6.54 Å². The predicted octanol–water partition coefficient (Wildman–Crippen LogP) is 5.06. The Morgan fingerprint density at radius 1 is 1.24 bits per heavy atom. The number of nitrogens with two attached hydrogens (primary N) is 1. The van der Waals surface area contributed by atoms with E-state index in [0.717, 1.165) is 12.8 Å². The van der Waals surface area contributed by atoms with E-state index in [1.54, 1.807) is 0 Å². The summed E-state index contributed by atoms with van der Waals surface area (Å²) in [6, 6.07) is 2.77. The molecular weight excluding hydrogens is 336 g/mol. The summed E-state index contributed by atoms with van der Waals surface area (Å²) in [4.78, 5) is 0. The van der Waals surface area contributed by atoms with Crippen molar-refractivity contribution >= 4 is 15.9 Å². The summed E-state index contributed by atoms with van der Waals surface area (Å²) in [6.07, 6.45) is 6.17. The molecule has 2 rings (SSSR count). The first-order valence-electron chi connectivity index (χ1n) is 7.89. The maximum Gasteiger partial charge on any atom is 0.143 e. The summed E-state index contributed by atoms with van der Waals surface area (Å²) in [5.41, 5.74) is 6.09. The summed E-state index contributed by atoms with van der Waals surface area (Å²) >= 11 is 3.15. The smallest absolute Gasteiger partial charge is 0.143 e. The lowest BCUT2D eigenvalue weighted by Gasteiger charge is -2.36. The molecule has 0 aromatic heterocycles. The Kier molecular flexibility index (Phi) is 6.18. The molecule has 1 fully saturated rings. The molecule has 118 valence electrons. The van der Waals surface area contributed by atoms with Crippen molar-refractivity contribution in [1.82, 2.24) is 0 Å². The third-order valence-corrected chi connectivity index (χ3v) is 5.47. The van der Waals surface area contributed by atoms with Crippen LogP contribution in [0, 0.1) is 29.4 Å². The Labute approximate surface area is 134 Å². The van der Waals surface area contributed by atoms with Gasteiger partial charge in [-0.3, -0.25) is 0 Å². The molecule has 1 aromatic carbocycles. The minimum Gasteiger partial charge on any atom is -0.330 e. The maximum absolute atomic E-state index is 14.2. The fourth-order valence-corrected chi connectivity index (χ4v) is 4.04. The molecule has 1 aliphatic carbocycles. The van der Waals surface area contributed by atoms with Gasteiger partial charge in [-0.25, -0.2) is 8.78 Å². The van der Waals surface area contributed by atoms with E-state index in [2.05, 4.69) is 22.9 Å². The van der Waals surface area contributed by atoms with E-state index in [-0.39, 0.29) is 5.56 Å². The molecule has 0 saturated heterocycles. The zero-order valence-corrected chi connectivity index (χ0v) is 14.1. The van der Waals surface area contributed by atoms with Crippen LogP contribution in [0.2, 0.25) is 0 Å². The van der Waals surface area contributed by atoms with Crippen LogP contribution in [0.3, 0.4) is 0 Å². The Hall–Kier alpha value is -0.480. The van der Waals surface area contributed by atoms with Gasteiger partial charge in [-0.05, 0) is 71.6 Å². The van der Waals surface area contributed by atoms with Gasteiger partial charge in [0, 0.05) is 5.56 Å². The van der Waals surface area contributed by atoms with Crippen LogP contribution in [0.4, 0.5) is 8.78 Å². The largest absolute Gasteiger partial charge is 0.330 e. The van der Waals surface area contributed by atoms with Crippen LogP contribution < -0.4 is 5.73 Å². The average molecular weight is 360 g/mol. The van der Waals surface area contributed by atoms with Gasteiger partial charge >= 0.3 is 0 Å². The molecule has 3 atom stereocenters. The van der Waals surface area contributed by atoms with Gasteiger partial charge < -0.3 is 5.73 Å². The molecular formula is C17H24BrF2N. The van der Waals surface area contributed by atoms with Crippen molar-refractivity contribution in [3.8, 4) is 0 Å². The minimum absolute atomic E-state index is 0.213. The van der Waals surface area contributed by atoms with Crippen LogP contribution in [0.25, 0.3) is 0 Å². The summed E-state index contributed by atoms with van der Waals surface area (Å²) < 4.78 is 28.5. The Bertz CT molecular complexity index is 478. The topological polar surface area (TPSA) is 26.0 Å². The normalized spacial score (nSPS) is 26.0. The lowest BCUT2D eigenvalue weighted by Crippen LogP contribution is -2.32. The quantitative estimate of drug-likeness (QED) is 0.730. The van der Waals surface area contributed by atoms with E-state index in [0.29, 0.717) is 35.2 Å². The Morgan fingerprint density at radius 2 is 2.00 bits per heavy atom. The molecule has 21 heavy (non-hydrogen) atoms. The van der Waals surface area contributed by atoms with Gasteiger partial charge in [0.2, 0.25) is 0 Å². The highest BCUT2D eigenvalue weighted by atomic mass is 79.9. The summed E-state index contributed by atoms with van der Waals surface area (Å²) in [5, 5.41) is 0. The summed E-state index contributed by atoms with van der Waals surface area (Å²) in [5.74, 6) is 0.461. The molecule has 1 aliphatic rings. The summed E-state index contributed by atoms with van der Waals surface area (Å²) in [7, 11) is 0. The predicted molar refractivity (Wildman–Crippen MR) is 86.0 cm³/mol. The minimum atomic E-state index is -0.455. The lowest BCUT2D eigenvalue weighted by molar-refractivity contribution is 0.173. The number of halogens is 3. The molecule has 0 heterocycles. The number of benzene rings is 1. The molecule has 0 bridgehead atoms. The van der Waals surface area contributed by atoms with Gasteiger partial charge in [0.25, 0.3) is 0 Å². The van der Waals surface area contributed by atoms with Crippen molar-refractivity contribution < 1.29 is 8.78 Å². The van der Waals surface area contributed by atoms with E-state index < -0.39 is 11.6 Å². The molecule has 0 spiro atoms. The second kappa shape index (κ2) is 7.68. The zero-order chi connectivity index (χ0) is 15.4. The van der Waals surface area contributed by atoms with Crippen LogP contribution >= 0.6 is 15.9 Å².